The summed E-state index contributed by atoms with van der Waals surface area (Å²) in [6.45, 7) is 6.59. The minimum absolute atomic E-state index is 0.00790. The lowest BCUT2D eigenvalue weighted by atomic mass is 9.99. The Labute approximate surface area is 131 Å². The van der Waals surface area contributed by atoms with Crippen molar-refractivity contribution in [3.8, 4) is 0 Å². The molecule has 0 radical (unpaired) electrons. The van der Waals surface area contributed by atoms with Gasteiger partial charge in [-0.15, -0.1) is 0 Å². The van der Waals surface area contributed by atoms with Crippen LogP contribution >= 0.6 is 0 Å². The van der Waals surface area contributed by atoms with Crippen LogP contribution in [0.1, 0.15) is 50.5 Å². The van der Waals surface area contributed by atoms with Crippen LogP contribution in [0.5, 0.6) is 0 Å². The average molecular weight is 300 g/mol. The van der Waals surface area contributed by atoms with Crippen molar-refractivity contribution in [3.05, 3.63) is 54.0 Å². The van der Waals surface area contributed by atoms with E-state index in [-0.39, 0.29) is 18.5 Å². The first-order chi connectivity index (χ1) is 10.6. The molecule has 1 heterocycles. The van der Waals surface area contributed by atoms with Crippen molar-refractivity contribution < 1.29 is 9.21 Å². The first-order valence-electron chi connectivity index (χ1n) is 7.76. The summed E-state index contributed by atoms with van der Waals surface area (Å²) < 4.78 is 5.30. The summed E-state index contributed by atoms with van der Waals surface area (Å²) >= 11 is 0. The molecule has 0 spiro atoms. The summed E-state index contributed by atoms with van der Waals surface area (Å²) in [7, 11) is 0. The van der Waals surface area contributed by atoms with Crippen molar-refractivity contribution in [2.24, 2.45) is 0 Å². The van der Waals surface area contributed by atoms with Gasteiger partial charge in [-0.3, -0.25) is 10.1 Å². The second kappa shape index (κ2) is 7.80. The summed E-state index contributed by atoms with van der Waals surface area (Å²) in [5, 5.41) is 6.03. The number of anilines is 1. The Balaban J connectivity index is 1.81. The van der Waals surface area contributed by atoms with Gasteiger partial charge in [0.1, 0.15) is 5.76 Å². The van der Waals surface area contributed by atoms with Gasteiger partial charge in [0.2, 0.25) is 5.91 Å². The van der Waals surface area contributed by atoms with Crippen LogP contribution in [-0.2, 0) is 4.79 Å². The Bertz CT molecular complexity index is 576. The van der Waals surface area contributed by atoms with E-state index in [2.05, 4.69) is 36.6 Å². The number of amides is 1. The number of carbonyl (C=O) groups is 1. The summed E-state index contributed by atoms with van der Waals surface area (Å²) in [6.07, 6.45) is 2.74. The summed E-state index contributed by atoms with van der Waals surface area (Å²) in [5.41, 5.74) is 2.12. The lowest BCUT2D eigenvalue weighted by Gasteiger charge is -2.12. The van der Waals surface area contributed by atoms with Gasteiger partial charge in [0.05, 0.1) is 18.8 Å². The Morgan fingerprint density at radius 1 is 1.18 bits per heavy atom. The van der Waals surface area contributed by atoms with E-state index in [0.29, 0.717) is 5.92 Å². The second-order valence-corrected chi connectivity index (χ2v) is 5.60. The molecule has 118 valence electrons. The highest BCUT2D eigenvalue weighted by atomic mass is 16.3. The van der Waals surface area contributed by atoms with E-state index in [9.17, 15) is 4.79 Å². The third-order valence-corrected chi connectivity index (χ3v) is 3.91. The highest BCUT2D eigenvalue weighted by Crippen LogP contribution is 2.20. The lowest BCUT2D eigenvalue weighted by molar-refractivity contribution is -0.115. The molecule has 2 atom stereocenters. The number of carbonyl (C=O) groups excluding carboxylic acids is 1. The summed E-state index contributed by atoms with van der Waals surface area (Å²) in [5.74, 6) is 1.31. The molecule has 0 aliphatic heterocycles. The standard InChI is InChI=1S/C18H24N2O2/c1-4-13(2)15-7-9-16(10-8-15)20-18(21)12-19-14(3)17-6-5-11-22-17/h5-11,13-14,19H,4,12H2,1-3H3,(H,20,21)/t13-,14+/m1/s1. The zero-order valence-corrected chi connectivity index (χ0v) is 13.4. The largest absolute Gasteiger partial charge is 0.468 e. The molecule has 4 heteroatoms. The van der Waals surface area contributed by atoms with E-state index >= 15 is 0 Å². The molecule has 2 N–H and O–H groups in total. The molecule has 0 saturated heterocycles. The van der Waals surface area contributed by atoms with E-state index < -0.39 is 0 Å². The molecule has 0 bridgehead atoms. The molecule has 0 aliphatic carbocycles. The molecule has 2 aromatic rings. The van der Waals surface area contributed by atoms with Gasteiger partial charge in [0, 0.05) is 5.69 Å². The highest BCUT2D eigenvalue weighted by Gasteiger charge is 2.10. The van der Waals surface area contributed by atoms with Crippen molar-refractivity contribution in [1.29, 1.82) is 0 Å². The van der Waals surface area contributed by atoms with Crippen molar-refractivity contribution in [1.82, 2.24) is 5.32 Å². The third kappa shape index (κ3) is 4.46. The van der Waals surface area contributed by atoms with Gasteiger partial charge in [0.15, 0.2) is 0 Å². The van der Waals surface area contributed by atoms with Gasteiger partial charge in [-0.1, -0.05) is 26.0 Å². The first-order valence-corrected chi connectivity index (χ1v) is 7.76. The smallest absolute Gasteiger partial charge is 0.238 e. The fourth-order valence-electron chi connectivity index (χ4n) is 2.22. The summed E-state index contributed by atoms with van der Waals surface area (Å²) in [6, 6.07) is 11.8. The van der Waals surface area contributed by atoms with Crippen molar-refractivity contribution in [2.45, 2.75) is 39.2 Å². The Kier molecular flexibility index (Phi) is 5.78. The lowest BCUT2D eigenvalue weighted by Crippen LogP contribution is -2.29. The number of hydrogen-bond acceptors (Lipinski definition) is 3. The molecular weight excluding hydrogens is 276 g/mol. The van der Waals surface area contributed by atoms with Crippen molar-refractivity contribution >= 4 is 11.6 Å². The van der Waals surface area contributed by atoms with Gasteiger partial charge in [-0.25, -0.2) is 0 Å². The maximum Gasteiger partial charge on any atom is 0.238 e. The zero-order chi connectivity index (χ0) is 15.9. The second-order valence-electron chi connectivity index (χ2n) is 5.60. The van der Waals surface area contributed by atoms with Crippen LogP contribution in [0.2, 0.25) is 0 Å². The minimum Gasteiger partial charge on any atom is -0.468 e. The molecule has 2 rings (SSSR count). The molecular formula is C18H24N2O2. The Morgan fingerprint density at radius 2 is 1.91 bits per heavy atom. The zero-order valence-electron chi connectivity index (χ0n) is 13.4. The highest BCUT2D eigenvalue weighted by molar-refractivity contribution is 5.92. The molecule has 22 heavy (non-hydrogen) atoms. The molecule has 0 aliphatic rings. The maximum atomic E-state index is 12.0. The molecule has 1 aromatic carbocycles. The van der Waals surface area contributed by atoms with E-state index in [0.717, 1.165) is 17.9 Å². The number of nitrogens with one attached hydrogen (secondary N) is 2. The Hall–Kier alpha value is -2.07. The average Bonchev–Trinajstić information content (AvgIpc) is 3.07. The minimum atomic E-state index is -0.0605. The SMILES string of the molecule is CC[C@@H](C)c1ccc(NC(=O)CN[C@@H](C)c2ccco2)cc1. The predicted molar refractivity (Wildman–Crippen MR) is 88.9 cm³/mol. The van der Waals surface area contributed by atoms with E-state index in [4.69, 9.17) is 4.42 Å². The van der Waals surface area contributed by atoms with E-state index in [1.165, 1.54) is 5.56 Å². The number of benzene rings is 1. The maximum absolute atomic E-state index is 12.0. The fourth-order valence-corrected chi connectivity index (χ4v) is 2.22. The van der Waals surface area contributed by atoms with Crippen molar-refractivity contribution in [2.75, 3.05) is 11.9 Å². The van der Waals surface area contributed by atoms with Crippen LogP contribution < -0.4 is 10.6 Å². The van der Waals surface area contributed by atoms with Crippen LogP contribution in [0.15, 0.2) is 47.1 Å². The fraction of sp³-hybridized carbons (Fsp3) is 0.389. The molecule has 0 unspecified atom stereocenters. The number of furan rings is 1. The monoisotopic (exact) mass is 300 g/mol. The molecule has 0 saturated carbocycles. The van der Waals surface area contributed by atoms with Gasteiger partial charge < -0.3 is 9.73 Å². The molecule has 1 aromatic heterocycles. The van der Waals surface area contributed by atoms with Crippen molar-refractivity contribution in [3.63, 3.8) is 0 Å². The number of rotatable bonds is 7. The molecule has 1 amide bonds. The van der Waals surface area contributed by atoms with Crippen LogP contribution in [0, 0.1) is 0 Å². The molecule has 4 nitrogen and oxygen atoms in total. The van der Waals surface area contributed by atoms with Gasteiger partial charge >= 0.3 is 0 Å². The van der Waals surface area contributed by atoms with Crippen LogP contribution in [0.4, 0.5) is 5.69 Å². The van der Waals surface area contributed by atoms with Crippen LogP contribution in [-0.4, -0.2) is 12.5 Å². The quantitative estimate of drug-likeness (QED) is 0.810. The van der Waals surface area contributed by atoms with E-state index in [1.807, 2.05) is 31.2 Å². The normalized spacial score (nSPS) is 13.6. The van der Waals surface area contributed by atoms with Crippen LogP contribution in [0.3, 0.4) is 0 Å². The van der Waals surface area contributed by atoms with Gasteiger partial charge in [-0.05, 0) is 49.1 Å². The topological polar surface area (TPSA) is 54.3 Å². The third-order valence-electron chi connectivity index (χ3n) is 3.91. The molecule has 0 fully saturated rings. The van der Waals surface area contributed by atoms with E-state index in [1.54, 1.807) is 6.26 Å². The number of hydrogen-bond donors (Lipinski definition) is 2. The first kappa shape index (κ1) is 16.3. The predicted octanol–water partition coefficient (Wildman–Crippen LogP) is 4.08. The van der Waals surface area contributed by atoms with Gasteiger partial charge in [0.25, 0.3) is 0 Å². The summed E-state index contributed by atoms with van der Waals surface area (Å²) in [4.78, 5) is 12.0. The van der Waals surface area contributed by atoms with Gasteiger partial charge in [-0.2, -0.15) is 0 Å². The van der Waals surface area contributed by atoms with Crippen LogP contribution in [0.25, 0.3) is 0 Å². The Morgan fingerprint density at radius 3 is 2.50 bits per heavy atom.